The molecule has 3 heteroatoms. The van der Waals surface area contributed by atoms with E-state index in [4.69, 9.17) is 0 Å². The van der Waals surface area contributed by atoms with E-state index in [-0.39, 0.29) is 0 Å². The predicted molar refractivity (Wildman–Crippen MR) is 73.3 cm³/mol. The Hall–Kier alpha value is 0.270. The van der Waals surface area contributed by atoms with Gasteiger partial charge in [-0.2, -0.15) is 12.6 Å². The molecule has 1 aliphatic heterocycles. The number of rotatable bonds is 2. The highest BCUT2D eigenvalue weighted by molar-refractivity contribution is 7.80. The lowest BCUT2D eigenvalue weighted by atomic mass is 9.83. The minimum atomic E-state index is 0.591. The Bertz CT molecular complexity index is 204. The van der Waals surface area contributed by atoms with Gasteiger partial charge in [-0.05, 0) is 38.6 Å². The Labute approximate surface area is 106 Å². The maximum atomic E-state index is 4.59. The fraction of sp³-hybridized carbons (Fsp3) is 1.00. The quantitative estimate of drug-likeness (QED) is 0.741. The highest BCUT2D eigenvalue weighted by Gasteiger charge is 2.28. The smallest absolute Gasteiger partial charge is 0.0113 e. The monoisotopic (exact) mass is 242 g/mol. The molecular formula is C13H26N2S. The van der Waals surface area contributed by atoms with Gasteiger partial charge in [0.25, 0.3) is 0 Å². The topological polar surface area (TPSA) is 6.48 Å². The second-order valence-corrected chi connectivity index (χ2v) is 6.46. The largest absolute Gasteiger partial charge is 0.304 e. The van der Waals surface area contributed by atoms with Crippen molar-refractivity contribution in [3.63, 3.8) is 0 Å². The molecule has 2 fully saturated rings. The summed E-state index contributed by atoms with van der Waals surface area (Å²) in [5, 5.41) is 0.591. The van der Waals surface area contributed by atoms with Crippen molar-refractivity contribution in [2.75, 3.05) is 33.2 Å². The van der Waals surface area contributed by atoms with Crippen molar-refractivity contribution in [3.8, 4) is 0 Å². The molecule has 0 amide bonds. The van der Waals surface area contributed by atoms with Crippen molar-refractivity contribution >= 4 is 12.6 Å². The fourth-order valence-electron chi connectivity index (χ4n) is 3.14. The summed E-state index contributed by atoms with van der Waals surface area (Å²) in [6.45, 7) is 7.32. The molecule has 0 aromatic rings. The average Bonchev–Trinajstić information content (AvgIpc) is 2.30. The Kier molecular flexibility index (Phi) is 4.57. The standard InChI is InChI=1S/C13H26N2S/c1-11(16)12-3-5-13(6-4-12)15-9-7-14(2)8-10-15/h11-13,16H,3-10H2,1-2H3/t11-,12-,13-/m1/s1. The summed E-state index contributed by atoms with van der Waals surface area (Å²) in [6, 6.07) is 0.872. The molecule has 1 aliphatic carbocycles. The number of nitrogens with zero attached hydrogens (tertiary/aromatic N) is 2. The fourth-order valence-corrected chi connectivity index (χ4v) is 3.43. The third-order valence-corrected chi connectivity index (χ3v) is 4.90. The van der Waals surface area contributed by atoms with Crippen LogP contribution in [0.25, 0.3) is 0 Å². The van der Waals surface area contributed by atoms with E-state index < -0.39 is 0 Å². The van der Waals surface area contributed by atoms with Crippen LogP contribution in [0.3, 0.4) is 0 Å². The van der Waals surface area contributed by atoms with E-state index in [2.05, 4.69) is 36.4 Å². The highest BCUT2D eigenvalue weighted by Crippen LogP contribution is 2.31. The van der Waals surface area contributed by atoms with Crippen LogP contribution in [0.15, 0.2) is 0 Å². The van der Waals surface area contributed by atoms with E-state index in [0.29, 0.717) is 5.25 Å². The Morgan fingerprint density at radius 1 is 1.00 bits per heavy atom. The van der Waals surface area contributed by atoms with Gasteiger partial charge in [0.15, 0.2) is 0 Å². The van der Waals surface area contributed by atoms with Gasteiger partial charge in [-0.25, -0.2) is 0 Å². The first-order chi connectivity index (χ1) is 7.66. The minimum absolute atomic E-state index is 0.591. The molecule has 2 rings (SSSR count). The molecule has 1 saturated heterocycles. The first-order valence-electron chi connectivity index (χ1n) is 6.77. The van der Waals surface area contributed by atoms with Crippen LogP contribution in [0, 0.1) is 5.92 Å². The first kappa shape index (κ1) is 12.7. The van der Waals surface area contributed by atoms with Gasteiger partial charge in [0.05, 0.1) is 0 Å². The Morgan fingerprint density at radius 3 is 2.06 bits per heavy atom. The van der Waals surface area contributed by atoms with Crippen LogP contribution in [-0.2, 0) is 0 Å². The second kappa shape index (κ2) is 5.74. The SMILES string of the molecule is C[C@@H](S)[C@H]1CC[C@H](N2CCN(C)CC2)CC1. The Morgan fingerprint density at radius 2 is 1.56 bits per heavy atom. The third-order valence-electron chi connectivity index (χ3n) is 4.48. The zero-order chi connectivity index (χ0) is 11.5. The second-order valence-electron chi connectivity index (χ2n) is 5.65. The zero-order valence-electron chi connectivity index (χ0n) is 10.7. The van der Waals surface area contributed by atoms with Crippen molar-refractivity contribution in [2.45, 2.75) is 43.9 Å². The maximum absolute atomic E-state index is 4.59. The molecule has 94 valence electrons. The average molecular weight is 242 g/mol. The van der Waals surface area contributed by atoms with E-state index in [1.165, 1.54) is 51.9 Å². The molecular weight excluding hydrogens is 216 g/mol. The maximum Gasteiger partial charge on any atom is 0.0113 e. The molecule has 0 aromatic heterocycles. The molecule has 0 bridgehead atoms. The highest BCUT2D eigenvalue weighted by atomic mass is 32.1. The van der Waals surface area contributed by atoms with Gasteiger partial charge in [-0.15, -0.1) is 0 Å². The molecule has 0 N–H and O–H groups in total. The van der Waals surface area contributed by atoms with Crippen LogP contribution in [-0.4, -0.2) is 54.3 Å². The van der Waals surface area contributed by atoms with E-state index >= 15 is 0 Å². The van der Waals surface area contributed by atoms with E-state index in [0.717, 1.165) is 12.0 Å². The number of likely N-dealkylation sites (N-methyl/N-ethyl adjacent to an activating group) is 1. The molecule has 0 spiro atoms. The summed E-state index contributed by atoms with van der Waals surface area (Å²) < 4.78 is 0. The molecule has 1 atom stereocenters. The van der Waals surface area contributed by atoms with Crippen molar-refractivity contribution in [3.05, 3.63) is 0 Å². The van der Waals surface area contributed by atoms with Crippen molar-refractivity contribution < 1.29 is 0 Å². The van der Waals surface area contributed by atoms with Crippen LogP contribution >= 0.6 is 12.6 Å². The van der Waals surface area contributed by atoms with Crippen molar-refractivity contribution in [1.29, 1.82) is 0 Å². The van der Waals surface area contributed by atoms with Crippen LogP contribution in [0.1, 0.15) is 32.6 Å². The van der Waals surface area contributed by atoms with E-state index in [1.807, 2.05) is 0 Å². The van der Waals surface area contributed by atoms with Gasteiger partial charge < -0.3 is 4.90 Å². The van der Waals surface area contributed by atoms with E-state index in [9.17, 15) is 0 Å². The molecule has 16 heavy (non-hydrogen) atoms. The molecule has 2 aliphatic rings. The molecule has 0 aromatic carbocycles. The molecule has 0 radical (unpaired) electrons. The summed E-state index contributed by atoms with van der Waals surface area (Å²) in [6.07, 6.45) is 5.59. The summed E-state index contributed by atoms with van der Waals surface area (Å²) in [7, 11) is 2.23. The zero-order valence-corrected chi connectivity index (χ0v) is 11.6. The van der Waals surface area contributed by atoms with Gasteiger partial charge in [0.2, 0.25) is 0 Å². The predicted octanol–water partition coefficient (Wildman–Crippen LogP) is 2.11. The van der Waals surface area contributed by atoms with Crippen molar-refractivity contribution in [2.24, 2.45) is 5.92 Å². The normalized spacial score (nSPS) is 36.2. The lowest BCUT2D eigenvalue weighted by Gasteiger charge is -2.41. The third kappa shape index (κ3) is 3.14. The minimum Gasteiger partial charge on any atom is -0.304 e. The summed E-state index contributed by atoms with van der Waals surface area (Å²) in [5.41, 5.74) is 0. The first-order valence-corrected chi connectivity index (χ1v) is 7.29. The van der Waals surface area contributed by atoms with Crippen LogP contribution < -0.4 is 0 Å². The number of hydrogen-bond donors (Lipinski definition) is 1. The van der Waals surface area contributed by atoms with Crippen molar-refractivity contribution in [1.82, 2.24) is 9.80 Å². The van der Waals surface area contributed by atoms with Crippen LogP contribution in [0.4, 0.5) is 0 Å². The van der Waals surface area contributed by atoms with Gasteiger partial charge in [0.1, 0.15) is 0 Å². The van der Waals surface area contributed by atoms with Crippen LogP contribution in [0.5, 0.6) is 0 Å². The molecule has 1 saturated carbocycles. The molecule has 1 heterocycles. The van der Waals surface area contributed by atoms with Gasteiger partial charge in [-0.1, -0.05) is 6.92 Å². The van der Waals surface area contributed by atoms with Crippen LogP contribution in [0.2, 0.25) is 0 Å². The summed E-state index contributed by atoms with van der Waals surface area (Å²) >= 11 is 4.59. The van der Waals surface area contributed by atoms with Gasteiger partial charge >= 0.3 is 0 Å². The Balaban J connectivity index is 1.76. The summed E-state index contributed by atoms with van der Waals surface area (Å²) in [4.78, 5) is 5.16. The lowest BCUT2D eigenvalue weighted by molar-refractivity contribution is 0.0815. The molecule has 0 unspecified atom stereocenters. The lowest BCUT2D eigenvalue weighted by Crippen LogP contribution is -2.50. The van der Waals surface area contributed by atoms with E-state index in [1.54, 1.807) is 0 Å². The van der Waals surface area contributed by atoms with Gasteiger partial charge in [-0.3, -0.25) is 4.90 Å². The van der Waals surface area contributed by atoms with Gasteiger partial charge in [0, 0.05) is 37.5 Å². The molecule has 2 nitrogen and oxygen atoms in total. The number of thiol groups is 1. The summed E-state index contributed by atoms with van der Waals surface area (Å²) in [5.74, 6) is 0.868. The number of piperazine rings is 1. The number of hydrogen-bond acceptors (Lipinski definition) is 3.